The molecule has 0 aromatic carbocycles. The maximum atomic E-state index is 12.4. The van der Waals surface area contributed by atoms with Crippen LogP contribution in [0.3, 0.4) is 0 Å². The molecule has 10 nitrogen and oxygen atoms in total. The van der Waals surface area contributed by atoms with Crippen LogP contribution in [0.4, 0.5) is 0 Å². The van der Waals surface area contributed by atoms with Gasteiger partial charge in [-0.3, -0.25) is 18.6 Å². The SMILES string of the molecule is CCCCCCCCCCCC(=O)OCC(COP(=O)(O)OCC(O)CO)OC(=O)CCCCCCCCCCC. The highest BCUT2D eigenvalue weighted by atomic mass is 31.2. The van der Waals surface area contributed by atoms with Crippen LogP contribution in [0.15, 0.2) is 0 Å². The van der Waals surface area contributed by atoms with Gasteiger partial charge in [0.2, 0.25) is 0 Å². The van der Waals surface area contributed by atoms with E-state index in [1.807, 2.05) is 0 Å². The van der Waals surface area contributed by atoms with Gasteiger partial charge in [0.1, 0.15) is 12.7 Å². The Hall–Kier alpha value is -1.03. The molecule has 3 unspecified atom stereocenters. The Labute approximate surface area is 248 Å². The van der Waals surface area contributed by atoms with Crippen LogP contribution < -0.4 is 0 Å². The largest absolute Gasteiger partial charge is 0.472 e. The van der Waals surface area contributed by atoms with Gasteiger partial charge in [-0.2, -0.15) is 0 Å². The Kier molecular flexibility index (Phi) is 27.1. The molecule has 0 saturated heterocycles. The third-order valence-corrected chi connectivity index (χ3v) is 7.71. The number of phosphoric acid groups is 1. The number of rotatable bonds is 30. The van der Waals surface area contributed by atoms with Crippen LogP contribution in [-0.2, 0) is 32.7 Å². The van der Waals surface area contributed by atoms with E-state index in [4.69, 9.17) is 19.1 Å². The highest BCUT2D eigenvalue weighted by Gasteiger charge is 2.27. The fourth-order valence-electron chi connectivity index (χ4n) is 4.23. The predicted octanol–water partition coefficient (Wildman–Crippen LogP) is 6.77. The Bertz CT molecular complexity index is 676. The number of aliphatic hydroxyl groups excluding tert-OH is 2. The highest BCUT2D eigenvalue weighted by Crippen LogP contribution is 2.43. The zero-order valence-corrected chi connectivity index (χ0v) is 26.7. The number of phosphoric ester groups is 1. The van der Waals surface area contributed by atoms with Crippen LogP contribution in [0.2, 0.25) is 0 Å². The molecule has 11 heteroatoms. The van der Waals surface area contributed by atoms with Gasteiger partial charge in [0.15, 0.2) is 6.10 Å². The van der Waals surface area contributed by atoms with Crippen molar-refractivity contribution in [1.29, 1.82) is 0 Å². The van der Waals surface area contributed by atoms with Gasteiger partial charge in [-0.05, 0) is 12.8 Å². The summed E-state index contributed by atoms with van der Waals surface area (Å²) in [6.07, 6.45) is 18.1. The normalized spacial score (nSPS) is 14.4. The number of esters is 2. The summed E-state index contributed by atoms with van der Waals surface area (Å²) < 4.78 is 32.3. The van der Waals surface area contributed by atoms with E-state index in [9.17, 15) is 24.2 Å². The first-order valence-corrected chi connectivity index (χ1v) is 17.5. The number of aliphatic hydroxyl groups is 2. The minimum atomic E-state index is -4.59. The van der Waals surface area contributed by atoms with Crippen molar-refractivity contribution in [3.8, 4) is 0 Å². The van der Waals surface area contributed by atoms with E-state index in [0.717, 1.165) is 38.5 Å². The fourth-order valence-corrected chi connectivity index (χ4v) is 5.02. The van der Waals surface area contributed by atoms with E-state index >= 15 is 0 Å². The highest BCUT2D eigenvalue weighted by molar-refractivity contribution is 7.47. The second kappa shape index (κ2) is 27.8. The Morgan fingerprint density at radius 1 is 0.634 bits per heavy atom. The average molecular weight is 611 g/mol. The molecule has 0 aliphatic rings. The summed E-state index contributed by atoms with van der Waals surface area (Å²) in [4.78, 5) is 34.4. The lowest BCUT2D eigenvalue weighted by Gasteiger charge is -2.20. The molecule has 41 heavy (non-hydrogen) atoms. The Morgan fingerprint density at radius 3 is 1.51 bits per heavy atom. The maximum absolute atomic E-state index is 12.4. The van der Waals surface area contributed by atoms with E-state index < -0.39 is 51.8 Å². The molecule has 244 valence electrons. The molecule has 0 fully saturated rings. The first kappa shape index (κ1) is 40.0. The molecule has 0 rings (SSSR count). The summed E-state index contributed by atoms with van der Waals surface area (Å²) in [5, 5.41) is 18.1. The molecular weight excluding hydrogens is 551 g/mol. The van der Waals surface area contributed by atoms with Gasteiger partial charge in [-0.1, -0.05) is 117 Å². The van der Waals surface area contributed by atoms with Gasteiger partial charge < -0.3 is 24.6 Å². The fraction of sp³-hybridized carbons (Fsp3) is 0.933. The lowest BCUT2D eigenvalue weighted by Crippen LogP contribution is -2.29. The van der Waals surface area contributed by atoms with E-state index in [-0.39, 0.29) is 19.4 Å². The van der Waals surface area contributed by atoms with Crippen molar-refractivity contribution < 1.29 is 47.8 Å². The number of carbonyl (C=O) groups is 2. The molecule has 0 amide bonds. The number of carbonyl (C=O) groups excluding carboxylic acids is 2. The minimum Gasteiger partial charge on any atom is -0.462 e. The first-order valence-electron chi connectivity index (χ1n) is 16.0. The summed E-state index contributed by atoms with van der Waals surface area (Å²) in [5.74, 6) is -0.927. The predicted molar refractivity (Wildman–Crippen MR) is 159 cm³/mol. The van der Waals surface area contributed by atoms with Crippen LogP contribution in [-0.4, -0.2) is 65.7 Å². The van der Waals surface area contributed by atoms with Gasteiger partial charge >= 0.3 is 19.8 Å². The van der Waals surface area contributed by atoms with Crippen molar-refractivity contribution >= 4 is 19.8 Å². The summed E-state index contributed by atoms with van der Waals surface area (Å²) in [7, 11) is -4.59. The lowest BCUT2D eigenvalue weighted by atomic mass is 10.1. The summed E-state index contributed by atoms with van der Waals surface area (Å²) >= 11 is 0. The molecule has 0 saturated carbocycles. The van der Waals surface area contributed by atoms with Crippen molar-refractivity contribution in [2.45, 2.75) is 154 Å². The average Bonchev–Trinajstić information content (AvgIpc) is 2.95. The molecule has 0 aliphatic carbocycles. The Balaban J connectivity index is 4.46. The van der Waals surface area contributed by atoms with Crippen molar-refractivity contribution in [2.24, 2.45) is 0 Å². The van der Waals surface area contributed by atoms with E-state index in [1.54, 1.807) is 0 Å². The zero-order valence-electron chi connectivity index (χ0n) is 25.8. The molecule has 3 N–H and O–H groups in total. The van der Waals surface area contributed by atoms with Crippen molar-refractivity contribution in [3.63, 3.8) is 0 Å². The van der Waals surface area contributed by atoms with Crippen LogP contribution in [0.25, 0.3) is 0 Å². The molecule has 0 aromatic heterocycles. The molecule has 0 aliphatic heterocycles. The first-order chi connectivity index (χ1) is 19.7. The molecular formula is C30H59O10P. The molecule has 3 atom stereocenters. The second-order valence-corrected chi connectivity index (χ2v) is 12.3. The monoisotopic (exact) mass is 610 g/mol. The summed E-state index contributed by atoms with van der Waals surface area (Å²) in [6.45, 7) is 2.30. The van der Waals surface area contributed by atoms with E-state index in [1.165, 1.54) is 64.2 Å². The van der Waals surface area contributed by atoms with Crippen LogP contribution >= 0.6 is 7.82 Å². The molecule has 0 bridgehead atoms. The Morgan fingerprint density at radius 2 is 1.05 bits per heavy atom. The molecule has 0 radical (unpaired) electrons. The number of hydrogen-bond acceptors (Lipinski definition) is 9. The quantitative estimate of drug-likeness (QED) is 0.0452. The number of hydrogen-bond donors (Lipinski definition) is 3. The smallest absolute Gasteiger partial charge is 0.462 e. The molecule has 0 heterocycles. The van der Waals surface area contributed by atoms with E-state index in [2.05, 4.69) is 18.4 Å². The third-order valence-electron chi connectivity index (χ3n) is 6.76. The van der Waals surface area contributed by atoms with Crippen LogP contribution in [0.1, 0.15) is 142 Å². The van der Waals surface area contributed by atoms with Gasteiger partial charge in [0.25, 0.3) is 0 Å². The van der Waals surface area contributed by atoms with Crippen LogP contribution in [0.5, 0.6) is 0 Å². The standard InChI is InChI=1S/C30H59O10P/c1-3-5-7-9-11-13-15-17-19-21-29(33)37-25-28(26-39-41(35,36)38-24-27(32)23-31)40-30(34)22-20-18-16-14-12-10-8-6-4-2/h27-28,31-32H,3-26H2,1-2H3,(H,35,36). The minimum absolute atomic E-state index is 0.189. The van der Waals surface area contributed by atoms with Crippen molar-refractivity contribution in [3.05, 3.63) is 0 Å². The van der Waals surface area contributed by atoms with Gasteiger partial charge in [-0.15, -0.1) is 0 Å². The third kappa shape index (κ3) is 27.5. The van der Waals surface area contributed by atoms with Crippen molar-refractivity contribution in [2.75, 3.05) is 26.4 Å². The maximum Gasteiger partial charge on any atom is 0.472 e. The van der Waals surface area contributed by atoms with Gasteiger partial charge in [0.05, 0.1) is 19.8 Å². The lowest BCUT2D eigenvalue weighted by molar-refractivity contribution is -0.161. The second-order valence-electron chi connectivity index (χ2n) is 10.8. The molecule has 0 aromatic rings. The summed E-state index contributed by atoms with van der Waals surface area (Å²) in [6, 6.07) is 0. The van der Waals surface area contributed by atoms with Crippen LogP contribution in [0, 0.1) is 0 Å². The van der Waals surface area contributed by atoms with E-state index in [0.29, 0.717) is 12.8 Å². The summed E-state index contributed by atoms with van der Waals surface area (Å²) in [5.41, 5.74) is 0. The topological polar surface area (TPSA) is 149 Å². The zero-order chi connectivity index (χ0) is 30.6. The van der Waals surface area contributed by atoms with Gasteiger partial charge in [0, 0.05) is 12.8 Å². The number of ether oxygens (including phenoxy) is 2. The van der Waals surface area contributed by atoms with Crippen molar-refractivity contribution in [1.82, 2.24) is 0 Å². The van der Waals surface area contributed by atoms with Gasteiger partial charge in [-0.25, -0.2) is 4.57 Å². The molecule has 0 spiro atoms. The number of unbranched alkanes of at least 4 members (excludes halogenated alkanes) is 16.